The van der Waals surface area contributed by atoms with Crippen LogP contribution in [0.3, 0.4) is 0 Å². The highest BCUT2D eigenvalue weighted by molar-refractivity contribution is 7.13. The molecular formula is C11H7NO2S. The molecule has 2 rings (SSSR count). The minimum absolute atomic E-state index is 0.191. The Balaban J connectivity index is 2.27. The summed E-state index contributed by atoms with van der Waals surface area (Å²) in [5.41, 5.74) is 0.191. The lowest BCUT2D eigenvalue weighted by molar-refractivity contribution is 0.0816. The Hall–Kier alpha value is -1.81. The molecule has 0 spiro atoms. The highest BCUT2D eigenvalue weighted by atomic mass is 32.1. The molecular weight excluding hydrogens is 210 g/mol. The monoisotopic (exact) mass is 217 g/mol. The molecule has 0 aliphatic heterocycles. The Bertz CT molecular complexity index is 477. The van der Waals surface area contributed by atoms with Gasteiger partial charge in [0.25, 0.3) is 5.78 Å². The number of hydrogen-bond donors (Lipinski definition) is 0. The van der Waals surface area contributed by atoms with Gasteiger partial charge < -0.3 is 0 Å². The van der Waals surface area contributed by atoms with Crippen LogP contribution in [0.25, 0.3) is 0 Å². The maximum Gasteiger partial charge on any atom is 0.252 e. The van der Waals surface area contributed by atoms with E-state index in [0.29, 0.717) is 4.88 Å². The van der Waals surface area contributed by atoms with Gasteiger partial charge in [-0.3, -0.25) is 14.6 Å². The number of ketones is 2. The van der Waals surface area contributed by atoms with Crippen molar-refractivity contribution in [2.24, 2.45) is 0 Å². The molecule has 74 valence electrons. The van der Waals surface area contributed by atoms with Gasteiger partial charge in [0, 0.05) is 6.20 Å². The summed E-state index contributed by atoms with van der Waals surface area (Å²) >= 11 is 1.26. The smallest absolute Gasteiger partial charge is 0.252 e. The fourth-order valence-corrected chi connectivity index (χ4v) is 1.79. The first kappa shape index (κ1) is 9.73. The standard InChI is InChI=1S/C11H7NO2S/c13-10(8-4-1-2-6-12-8)11(14)9-5-3-7-15-9/h1-7H. The molecule has 15 heavy (non-hydrogen) atoms. The van der Waals surface area contributed by atoms with Crippen molar-refractivity contribution in [3.8, 4) is 0 Å². The molecule has 0 aliphatic rings. The van der Waals surface area contributed by atoms with Crippen LogP contribution in [-0.2, 0) is 0 Å². The van der Waals surface area contributed by atoms with Gasteiger partial charge in [0.05, 0.1) is 4.88 Å². The van der Waals surface area contributed by atoms with E-state index in [1.807, 2.05) is 0 Å². The zero-order valence-corrected chi connectivity index (χ0v) is 8.53. The van der Waals surface area contributed by atoms with Crippen molar-refractivity contribution in [1.82, 2.24) is 4.98 Å². The van der Waals surface area contributed by atoms with E-state index < -0.39 is 11.6 Å². The number of pyridine rings is 1. The number of rotatable bonds is 3. The summed E-state index contributed by atoms with van der Waals surface area (Å²) < 4.78 is 0. The van der Waals surface area contributed by atoms with Gasteiger partial charge in [-0.1, -0.05) is 12.1 Å². The van der Waals surface area contributed by atoms with Crippen LogP contribution in [0.15, 0.2) is 41.9 Å². The SMILES string of the molecule is O=C(C(=O)c1cccs1)c1ccccn1. The van der Waals surface area contributed by atoms with Gasteiger partial charge in [0.1, 0.15) is 5.69 Å². The average Bonchev–Trinajstić information content (AvgIpc) is 2.82. The van der Waals surface area contributed by atoms with Crippen molar-refractivity contribution in [1.29, 1.82) is 0 Å². The zero-order chi connectivity index (χ0) is 10.7. The Morgan fingerprint density at radius 1 is 1.07 bits per heavy atom. The molecule has 2 aromatic rings. The molecule has 2 heterocycles. The van der Waals surface area contributed by atoms with Crippen molar-refractivity contribution in [2.45, 2.75) is 0 Å². The predicted molar refractivity (Wildman–Crippen MR) is 57.2 cm³/mol. The maximum atomic E-state index is 11.6. The second kappa shape index (κ2) is 4.14. The number of nitrogens with zero attached hydrogens (tertiary/aromatic N) is 1. The molecule has 0 saturated heterocycles. The molecule has 0 fully saturated rings. The van der Waals surface area contributed by atoms with Crippen LogP contribution < -0.4 is 0 Å². The van der Waals surface area contributed by atoms with Crippen LogP contribution in [0.1, 0.15) is 20.2 Å². The minimum atomic E-state index is -0.557. The first-order chi connectivity index (χ1) is 7.29. The predicted octanol–water partition coefficient (Wildman–Crippen LogP) is 2.21. The Kier molecular flexibility index (Phi) is 2.69. The summed E-state index contributed by atoms with van der Waals surface area (Å²) in [5, 5.41) is 1.76. The molecule has 4 heteroatoms. The van der Waals surface area contributed by atoms with E-state index in [1.54, 1.807) is 29.6 Å². The summed E-state index contributed by atoms with van der Waals surface area (Å²) in [4.78, 5) is 27.6. The quantitative estimate of drug-likeness (QED) is 0.585. The van der Waals surface area contributed by atoms with Gasteiger partial charge in [0.15, 0.2) is 0 Å². The van der Waals surface area contributed by atoms with Crippen molar-refractivity contribution < 1.29 is 9.59 Å². The molecule has 0 atom stereocenters. The van der Waals surface area contributed by atoms with Crippen LogP contribution in [0.4, 0.5) is 0 Å². The van der Waals surface area contributed by atoms with Gasteiger partial charge in [-0.2, -0.15) is 0 Å². The van der Waals surface area contributed by atoms with Gasteiger partial charge >= 0.3 is 0 Å². The summed E-state index contributed by atoms with van der Waals surface area (Å²) in [6.07, 6.45) is 1.49. The highest BCUT2D eigenvalue weighted by Gasteiger charge is 2.19. The lowest BCUT2D eigenvalue weighted by atomic mass is 10.1. The maximum absolute atomic E-state index is 11.6. The Morgan fingerprint density at radius 2 is 1.93 bits per heavy atom. The molecule has 0 unspecified atom stereocenters. The van der Waals surface area contributed by atoms with E-state index in [1.165, 1.54) is 23.6 Å². The van der Waals surface area contributed by atoms with Gasteiger partial charge in [-0.15, -0.1) is 11.3 Å². The number of aromatic nitrogens is 1. The fraction of sp³-hybridized carbons (Fsp3) is 0. The zero-order valence-electron chi connectivity index (χ0n) is 7.71. The second-order valence-electron chi connectivity index (χ2n) is 2.85. The number of carbonyl (C=O) groups excluding carboxylic acids is 2. The van der Waals surface area contributed by atoms with Gasteiger partial charge in [-0.25, -0.2) is 0 Å². The third-order valence-corrected chi connectivity index (χ3v) is 2.72. The van der Waals surface area contributed by atoms with Crippen molar-refractivity contribution in [2.75, 3.05) is 0 Å². The van der Waals surface area contributed by atoms with Crippen LogP contribution in [0, 0.1) is 0 Å². The van der Waals surface area contributed by atoms with E-state index in [0.717, 1.165) is 0 Å². The topological polar surface area (TPSA) is 47.0 Å². The van der Waals surface area contributed by atoms with Crippen molar-refractivity contribution >= 4 is 22.9 Å². The van der Waals surface area contributed by atoms with E-state index in [2.05, 4.69) is 4.98 Å². The first-order valence-electron chi connectivity index (χ1n) is 4.32. The first-order valence-corrected chi connectivity index (χ1v) is 5.20. The average molecular weight is 217 g/mol. The van der Waals surface area contributed by atoms with Crippen LogP contribution in [0.2, 0.25) is 0 Å². The molecule has 0 aromatic carbocycles. The Labute approximate surface area is 90.4 Å². The van der Waals surface area contributed by atoms with Crippen LogP contribution in [-0.4, -0.2) is 16.6 Å². The molecule has 0 bridgehead atoms. The van der Waals surface area contributed by atoms with Gasteiger partial charge in [0.2, 0.25) is 5.78 Å². The van der Waals surface area contributed by atoms with Crippen LogP contribution in [0.5, 0.6) is 0 Å². The lowest BCUT2D eigenvalue weighted by Crippen LogP contribution is -2.14. The summed E-state index contributed by atoms with van der Waals surface area (Å²) in [7, 11) is 0. The second-order valence-corrected chi connectivity index (χ2v) is 3.80. The summed E-state index contributed by atoms with van der Waals surface area (Å²) in [6.45, 7) is 0. The molecule has 0 radical (unpaired) electrons. The molecule has 2 aromatic heterocycles. The number of hydrogen-bond acceptors (Lipinski definition) is 4. The fourth-order valence-electron chi connectivity index (χ4n) is 1.13. The Morgan fingerprint density at radius 3 is 2.53 bits per heavy atom. The molecule has 0 saturated carbocycles. The summed E-state index contributed by atoms with van der Waals surface area (Å²) in [6, 6.07) is 8.29. The van der Waals surface area contributed by atoms with E-state index in [-0.39, 0.29) is 5.69 Å². The third kappa shape index (κ3) is 1.99. The summed E-state index contributed by atoms with van der Waals surface area (Å²) in [5.74, 6) is -1.05. The number of thiophene rings is 1. The van der Waals surface area contributed by atoms with Crippen molar-refractivity contribution in [3.63, 3.8) is 0 Å². The number of carbonyl (C=O) groups is 2. The van der Waals surface area contributed by atoms with E-state index in [9.17, 15) is 9.59 Å². The van der Waals surface area contributed by atoms with Crippen LogP contribution >= 0.6 is 11.3 Å². The highest BCUT2D eigenvalue weighted by Crippen LogP contribution is 2.11. The normalized spacial score (nSPS) is 9.87. The minimum Gasteiger partial charge on any atom is -0.284 e. The lowest BCUT2D eigenvalue weighted by Gasteiger charge is -1.95. The van der Waals surface area contributed by atoms with E-state index in [4.69, 9.17) is 0 Å². The molecule has 0 N–H and O–H groups in total. The number of Topliss-reactive ketones (excluding diaryl/α,β-unsaturated/α-hetero) is 2. The molecule has 3 nitrogen and oxygen atoms in total. The molecule has 0 aliphatic carbocycles. The molecule has 0 amide bonds. The largest absolute Gasteiger partial charge is 0.284 e. The van der Waals surface area contributed by atoms with Crippen molar-refractivity contribution in [3.05, 3.63) is 52.5 Å². The van der Waals surface area contributed by atoms with E-state index >= 15 is 0 Å². The third-order valence-electron chi connectivity index (χ3n) is 1.85. The van der Waals surface area contributed by atoms with Gasteiger partial charge in [-0.05, 0) is 23.6 Å².